The highest BCUT2D eigenvalue weighted by molar-refractivity contribution is 9.09. The second-order valence-electron chi connectivity index (χ2n) is 3.02. The molecular formula is C10H11Br2NO. The van der Waals surface area contributed by atoms with Crippen LogP contribution >= 0.6 is 31.9 Å². The minimum atomic E-state index is -0.265. The van der Waals surface area contributed by atoms with Crippen molar-refractivity contribution < 1.29 is 4.79 Å². The van der Waals surface area contributed by atoms with Gasteiger partial charge in [-0.05, 0) is 24.1 Å². The summed E-state index contributed by atoms with van der Waals surface area (Å²) in [5, 5.41) is 0.657. The molecule has 1 atom stereocenters. The summed E-state index contributed by atoms with van der Waals surface area (Å²) in [5.41, 5.74) is 8.44. The molecule has 0 spiro atoms. The summed E-state index contributed by atoms with van der Waals surface area (Å²) in [6.07, 6.45) is 0. The van der Waals surface area contributed by atoms with Crippen molar-refractivity contribution >= 4 is 43.3 Å². The Morgan fingerprint density at radius 2 is 2.21 bits per heavy atom. The van der Waals surface area contributed by atoms with E-state index in [0.717, 1.165) is 11.1 Å². The van der Waals surface area contributed by atoms with Crippen molar-refractivity contribution in [3.8, 4) is 0 Å². The predicted molar refractivity (Wildman–Crippen MR) is 65.8 cm³/mol. The van der Waals surface area contributed by atoms with Crippen LogP contribution in [0.1, 0.15) is 22.9 Å². The summed E-state index contributed by atoms with van der Waals surface area (Å²) in [5.74, 6) is 0.0813. The van der Waals surface area contributed by atoms with E-state index in [-0.39, 0.29) is 10.6 Å². The van der Waals surface area contributed by atoms with E-state index >= 15 is 0 Å². The van der Waals surface area contributed by atoms with Crippen molar-refractivity contribution in [1.82, 2.24) is 0 Å². The molecule has 76 valence electrons. The van der Waals surface area contributed by atoms with Gasteiger partial charge < -0.3 is 5.73 Å². The molecule has 0 aliphatic carbocycles. The summed E-state index contributed by atoms with van der Waals surface area (Å²) in [6.45, 7) is 1.56. The number of Topliss-reactive ketones (excluding diaryl/α,β-unsaturated/α-hetero) is 1. The standard InChI is InChI=1S/C10H11Br2NO/c1-6(14)10(12)7-3-2-4-9(13)8(7)5-11/h2-4,10H,5,13H2,1H3. The van der Waals surface area contributed by atoms with Crippen molar-refractivity contribution in [2.45, 2.75) is 17.1 Å². The Balaban J connectivity index is 3.20. The zero-order valence-electron chi connectivity index (χ0n) is 7.76. The number of benzene rings is 1. The van der Waals surface area contributed by atoms with Gasteiger partial charge in [0.1, 0.15) is 5.78 Å². The van der Waals surface area contributed by atoms with Crippen LogP contribution < -0.4 is 5.73 Å². The summed E-state index contributed by atoms with van der Waals surface area (Å²) in [7, 11) is 0. The zero-order chi connectivity index (χ0) is 10.7. The van der Waals surface area contributed by atoms with Crippen molar-refractivity contribution in [3.05, 3.63) is 29.3 Å². The molecule has 0 heterocycles. The molecule has 0 amide bonds. The number of hydrogen-bond acceptors (Lipinski definition) is 2. The van der Waals surface area contributed by atoms with Gasteiger partial charge >= 0.3 is 0 Å². The Kier molecular flexibility index (Phi) is 4.13. The van der Waals surface area contributed by atoms with Gasteiger partial charge in [0.15, 0.2) is 0 Å². The first-order valence-corrected chi connectivity index (χ1v) is 6.19. The molecule has 1 aromatic rings. The predicted octanol–water partition coefficient (Wildman–Crippen LogP) is 3.19. The maximum Gasteiger partial charge on any atom is 0.147 e. The SMILES string of the molecule is CC(=O)C(Br)c1cccc(N)c1CBr. The van der Waals surface area contributed by atoms with Crippen LogP contribution in [0.5, 0.6) is 0 Å². The molecule has 0 saturated heterocycles. The Morgan fingerprint density at radius 3 is 2.71 bits per heavy atom. The van der Waals surface area contributed by atoms with Crippen molar-refractivity contribution in [2.24, 2.45) is 0 Å². The van der Waals surface area contributed by atoms with Crippen molar-refractivity contribution in [1.29, 1.82) is 0 Å². The first-order valence-electron chi connectivity index (χ1n) is 4.15. The molecule has 2 nitrogen and oxygen atoms in total. The van der Waals surface area contributed by atoms with Crippen LogP contribution in [0.15, 0.2) is 18.2 Å². The van der Waals surface area contributed by atoms with E-state index < -0.39 is 0 Å². The maximum absolute atomic E-state index is 11.2. The molecule has 0 aromatic heterocycles. The van der Waals surface area contributed by atoms with Gasteiger partial charge in [-0.2, -0.15) is 0 Å². The van der Waals surface area contributed by atoms with Crippen LogP contribution in [0, 0.1) is 0 Å². The highest BCUT2D eigenvalue weighted by Gasteiger charge is 2.16. The molecule has 0 bridgehead atoms. The van der Waals surface area contributed by atoms with Gasteiger partial charge in [-0.1, -0.05) is 44.0 Å². The lowest BCUT2D eigenvalue weighted by molar-refractivity contribution is -0.116. The third kappa shape index (κ3) is 2.36. The maximum atomic E-state index is 11.2. The van der Waals surface area contributed by atoms with E-state index in [0.29, 0.717) is 11.0 Å². The van der Waals surface area contributed by atoms with Crippen molar-refractivity contribution in [2.75, 3.05) is 5.73 Å². The van der Waals surface area contributed by atoms with Gasteiger partial charge in [0.05, 0.1) is 4.83 Å². The van der Waals surface area contributed by atoms with E-state index in [1.165, 1.54) is 0 Å². The van der Waals surface area contributed by atoms with Gasteiger partial charge in [0.2, 0.25) is 0 Å². The Morgan fingerprint density at radius 1 is 1.57 bits per heavy atom. The molecule has 0 saturated carbocycles. The fraction of sp³-hybridized carbons (Fsp3) is 0.300. The smallest absolute Gasteiger partial charge is 0.147 e. The number of carbonyl (C=O) groups excluding carboxylic acids is 1. The van der Waals surface area contributed by atoms with Gasteiger partial charge in [0, 0.05) is 11.0 Å². The number of anilines is 1. The number of alkyl halides is 2. The lowest BCUT2D eigenvalue weighted by atomic mass is 10.0. The topological polar surface area (TPSA) is 43.1 Å². The number of nitrogens with two attached hydrogens (primary N) is 1. The Labute approximate surface area is 100 Å². The number of hydrogen-bond donors (Lipinski definition) is 1. The minimum Gasteiger partial charge on any atom is -0.398 e. The lowest BCUT2D eigenvalue weighted by Gasteiger charge is -2.13. The van der Waals surface area contributed by atoms with Crippen LogP contribution in [-0.2, 0) is 10.1 Å². The summed E-state index contributed by atoms with van der Waals surface area (Å²) in [6, 6.07) is 5.60. The highest BCUT2D eigenvalue weighted by atomic mass is 79.9. The normalized spacial score (nSPS) is 12.5. The number of carbonyl (C=O) groups is 1. The first kappa shape index (κ1) is 11.7. The van der Waals surface area contributed by atoms with Gasteiger partial charge in [-0.3, -0.25) is 4.79 Å². The summed E-state index contributed by atoms with van der Waals surface area (Å²) >= 11 is 6.71. The quantitative estimate of drug-likeness (QED) is 0.686. The average Bonchev–Trinajstić information content (AvgIpc) is 2.16. The van der Waals surface area contributed by atoms with Crippen LogP contribution in [0.2, 0.25) is 0 Å². The molecular weight excluding hydrogens is 310 g/mol. The minimum absolute atomic E-state index is 0.0813. The monoisotopic (exact) mass is 319 g/mol. The zero-order valence-corrected chi connectivity index (χ0v) is 10.9. The van der Waals surface area contributed by atoms with E-state index in [9.17, 15) is 4.79 Å². The fourth-order valence-corrected chi connectivity index (χ4v) is 2.31. The van der Waals surface area contributed by atoms with Gasteiger partial charge in [-0.15, -0.1) is 0 Å². The molecule has 0 aliphatic heterocycles. The number of rotatable bonds is 3. The highest BCUT2D eigenvalue weighted by Crippen LogP contribution is 2.31. The third-order valence-corrected chi connectivity index (χ3v) is 3.71. The van der Waals surface area contributed by atoms with Gasteiger partial charge in [-0.25, -0.2) is 0 Å². The molecule has 14 heavy (non-hydrogen) atoms. The van der Waals surface area contributed by atoms with E-state index in [1.54, 1.807) is 6.92 Å². The lowest BCUT2D eigenvalue weighted by Crippen LogP contribution is -2.06. The van der Waals surface area contributed by atoms with Crippen LogP contribution in [0.3, 0.4) is 0 Å². The summed E-state index contributed by atoms with van der Waals surface area (Å²) in [4.78, 5) is 11.0. The molecule has 2 N–H and O–H groups in total. The Hall–Kier alpha value is -0.350. The second kappa shape index (κ2) is 4.94. The van der Waals surface area contributed by atoms with E-state index in [4.69, 9.17) is 5.73 Å². The molecule has 1 aromatic carbocycles. The molecule has 1 rings (SSSR count). The molecule has 1 unspecified atom stereocenters. The fourth-order valence-electron chi connectivity index (χ4n) is 1.23. The van der Waals surface area contributed by atoms with Gasteiger partial charge in [0.25, 0.3) is 0 Å². The molecule has 0 radical (unpaired) electrons. The van der Waals surface area contributed by atoms with Crippen LogP contribution in [-0.4, -0.2) is 5.78 Å². The third-order valence-electron chi connectivity index (χ3n) is 2.01. The number of halogens is 2. The van der Waals surface area contributed by atoms with E-state index in [1.807, 2.05) is 18.2 Å². The Bertz CT molecular complexity index is 352. The van der Waals surface area contributed by atoms with E-state index in [2.05, 4.69) is 31.9 Å². The molecule has 0 aliphatic rings. The average molecular weight is 321 g/mol. The molecule has 4 heteroatoms. The summed E-state index contributed by atoms with van der Waals surface area (Å²) < 4.78 is 0. The first-order chi connectivity index (χ1) is 6.57. The largest absolute Gasteiger partial charge is 0.398 e. The van der Waals surface area contributed by atoms with Crippen molar-refractivity contribution in [3.63, 3.8) is 0 Å². The number of ketones is 1. The van der Waals surface area contributed by atoms with Crippen LogP contribution in [0.4, 0.5) is 5.69 Å². The second-order valence-corrected chi connectivity index (χ2v) is 4.50. The number of nitrogen functional groups attached to an aromatic ring is 1. The van der Waals surface area contributed by atoms with Crippen LogP contribution in [0.25, 0.3) is 0 Å². The molecule has 0 fully saturated rings.